The zero-order valence-electron chi connectivity index (χ0n) is 12.5. The summed E-state index contributed by atoms with van der Waals surface area (Å²) in [7, 11) is 0. The van der Waals surface area contributed by atoms with Gasteiger partial charge in [-0.3, -0.25) is 9.59 Å². The topological polar surface area (TPSA) is 55.4 Å². The number of benzene rings is 2. The van der Waals surface area contributed by atoms with Crippen molar-refractivity contribution in [2.75, 3.05) is 5.32 Å². The van der Waals surface area contributed by atoms with E-state index in [2.05, 4.69) is 26.0 Å². The summed E-state index contributed by atoms with van der Waals surface area (Å²) in [5.74, 6) is -1.49. The third-order valence-electron chi connectivity index (χ3n) is 2.85. The fourth-order valence-electron chi connectivity index (χ4n) is 1.82. The van der Waals surface area contributed by atoms with E-state index < -0.39 is 18.0 Å². The second kappa shape index (κ2) is 7.98. The molecule has 0 fully saturated rings. The lowest BCUT2D eigenvalue weighted by molar-refractivity contribution is -0.274. The van der Waals surface area contributed by atoms with E-state index in [4.69, 9.17) is 0 Å². The van der Waals surface area contributed by atoms with E-state index in [1.807, 2.05) is 0 Å². The predicted molar refractivity (Wildman–Crippen MR) is 89.4 cm³/mol. The van der Waals surface area contributed by atoms with Crippen molar-refractivity contribution in [1.29, 1.82) is 0 Å². The number of amides is 1. The Balaban J connectivity index is 1.99. The zero-order chi connectivity index (χ0) is 18.4. The number of anilines is 1. The highest BCUT2D eigenvalue weighted by molar-refractivity contribution is 9.10. The van der Waals surface area contributed by atoms with Crippen LogP contribution in [0.1, 0.15) is 10.4 Å². The van der Waals surface area contributed by atoms with Crippen molar-refractivity contribution in [3.63, 3.8) is 0 Å². The minimum Gasteiger partial charge on any atom is -0.406 e. The van der Waals surface area contributed by atoms with E-state index in [-0.39, 0.29) is 11.5 Å². The van der Waals surface area contributed by atoms with Gasteiger partial charge in [-0.1, -0.05) is 22.0 Å². The highest BCUT2D eigenvalue weighted by Crippen LogP contribution is 2.25. The van der Waals surface area contributed by atoms with Gasteiger partial charge in [-0.2, -0.15) is 0 Å². The van der Waals surface area contributed by atoms with Gasteiger partial charge in [0, 0.05) is 27.9 Å². The Morgan fingerprint density at radius 1 is 1.04 bits per heavy atom. The first kappa shape index (κ1) is 18.7. The Hall–Kier alpha value is -2.61. The van der Waals surface area contributed by atoms with Crippen LogP contribution in [-0.4, -0.2) is 18.1 Å². The summed E-state index contributed by atoms with van der Waals surface area (Å²) in [6, 6.07) is 11.4. The van der Waals surface area contributed by atoms with E-state index in [1.54, 1.807) is 24.3 Å². The number of alkyl halides is 3. The third-order valence-corrected chi connectivity index (χ3v) is 3.38. The van der Waals surface area contributed by atoms with Gasteiger partial charge in [-0.15, -0.1) is 13.2 Å². The van der Waals surface area contributed by atoms with Crippen LogP contribution in [-0.2, 0) is 4.79 Å². The average Bonchev–Trinajstić information content (AvgIpc) is 2.52. The van der Waals surface area contributed by atoms with Gasteiger partial charge in [0.05, 0.1) is 0 Å². The first-order valence-corrected chi connectivity index (χ1v) is 7.67. The maximum Gasteiger partial charge on any atom is 0.573 e. The average molecular weight is 414 g/mol. The molecule has 1 amide bonds. The molecule has 0 aliphatic rings. The molecule has 0 saturated heterocycles. The number of ketones is 1. The van der Waals surface area contributed by atoms with Gasteiger partial charge in [-0.05, 0) is 42.5 Å². The molecule has 0 aromatic heterocycles. The van der Waals surface area contributed by atoms with E-state index in [0.29, 0.717) is 5.56 Å². The van der Waals surface area contributed by atoms with Crippen LogP contribution in [0.2, 0.25) is 0 Å². The molecule has 0 aliphatic carbocycles. The Labute approximate surface area is 149 Å². The van der Waals surface area contributed by atoms with Crippen LogP contribution in [0.3, 0.4) is 0 Å². The van der Waals surface area contributed by atoms with Gasteiger partial charge in [0.15, 0.2) is 5.78 Å². The lowest BCUT2D eigenvalue weighted by Gasteiger charge is -2.10. The fraction of sp³-hybridized carbons (Fsp3) is 0.0588. The van der Waals surface area contributed by atoms with Crippen molar-refractivity contribution in [3.8, 4) is 5.75 Å². The number of carbonyl (C=O) groups is 2. The molecule has 2 aromatic rings. The molecule has 0 spiro atoms. The fourth-order valence-corrected chi connectivity index (χ4v) is 2.08. The van der Waals surface area contributed by atoms with Crippen LogP contribution in [0.4, 0.5) is 18.9 Å². The molecule has 4 nitrogen and oxygen atoms in total. The molecule has 0 saturated carbocycles. The molecule has 130 valence electrons. The van der Waals surface area contributed by atoms with E-state index in [0.717, 1.165) is 28.8 Å². The number of ether oxygens (including phenoxy) is 1. The molecule has 0 heterocycles. The number of allylic oxidation sites excluding steroid dienone is 1. The van der Waals surface area contributed by atoms with E-state index >= 15 is 0 Å². The van der Waals surface area contributed by atoms with Gasteiger partial charge < -0.3 is 10.1 Å². The molecular formula is C17H11BrF3NO3. The lowest BCUT2D eigenvalue weighted by atomic mass is 10.1. The van der Waals surface area contributed by atoms with Crippen LogP contribution in [0.25, 0.3) is 0 Å². The van der Waals surface area contributed by atoms with Crippen molar-refractivity contribution in [2.24, 2.45) is 0 Å². The Morgan fingerprint density at radius 3 is 2.36 bits per heavy atom. The minimum atomic E-state index is -4.82. The summed E-state index contributed by atoms with van der Waals surface area (Å²) < 4.78 is 41.1. The minimum absolute atomic E-state index is 0.104. The monoisotopic (exact) mass is 413 g/mol. The molecule has 0 atom stereocenters. The molecule has 2 rings (SSSR count). The Bertz CT molecular complexity index is 802. The van der Waals surface area contributed by atoms with E-state index in [9.17, 15) is 22.8 Å². The Morgan fingerprint density at radius 2 is 1.72 bits per heavy atom. The highest BCUT2D eigenvalue weighted by Gasteiger charge is 2.31. The van der Waals surface area contributed by atoms with Crippen molar-refractivity contribution >= 4 is 33.3 Å². The number of halogens is 4. The molecule has 25 heavy (non-hydrogen) atoms. The third kappa shape index (κ3) is 6.42. The molecule has 0 radical (unpaired) electrons. The van der Waals surface area contributed by atoms with Crippen molar-refractivity contribution in [2.45, 2.75) is 6.36 Å². The number of hydrogen-bond donors (Lipinski definition) is 1. The van der Waals surface area contributed by atoms with Crippen LogP contribution in [0, 0.1) is 0 Å². The second-order valence-electron chi connectivity index (χ2n) is 4.77. The number of hydrogen-bond acceptors (Lipinski definition) is 3. The van der Waals surface area contributed by atoms with Crippen LogP contribution >= 0.6 is 15.9 Å². The van der Waals surface area contributed by atoms with Crippen molar-refractivity contribution < 1.29 is 27.5 Å². The number of rotatable bonds is 5. The maximum atomic E-state index is 12.2. The molecular weight excluding hydrogens is 403 g/mol. The first-order valence-electron chi connectivity index (χ1n) is 6.88. The van der Waals surface area contributed by atoms with Gasteiger partial charge in [0.25, 0.3) is 0 Å². The van der Waals surface area contributed by atoms with Crippen molar-refractivity contribution in [1.82, 2.24) is 0 Å². The van der Waals surface area contributed by atoms with Gasteiger partial charge in [0.1, 0.15) is 5.75 Å². The molecule has 8 heteroatoms. The standard InChI is InChI=1S/C17H11BrF3NO3/c18-12-6-4-11(5-7-12)15(23)8-9-16(24)22-13-2-1-3-14(10-13)25-17(19,20)21/h1-10H,(H,22,24)/b9-8+. The SMILES string of the molecule is O=C(/C=C/C(=O)c1ccc(Br)cc1)Nc1cccc(OC(F)(F)F)c1. The molecule has 0 bridgehead atoms. The van der Waals surface area contributed by atoms with Crippen LogP contribution < -0.4 is 10.1 Å². The summed E-state index contributed by atoms with van der Waals surface area (Å²) in [6.07, 6.45) is -2.74. The molecule has 0 aliphatic heterocycles. The van der Waals surface area contributed by atoms with Gasteiger partial charge in [-0.25, -0.2) is 0 Å². The quantitative estimate of drug-likeness (QED) is 0.569. The first-order chi connectivity index (χ1) is 11.7. The predicted octanol–water partition coefficient (Wildman–Crippen LogP) is 4.73. The summed E-state index contributed by atoms with van der Waals surface area (Å²) in [6.45, 7) is 0. The highest BCUT2D eigenvalue weighted by atomic mass is 79.9. The van der Waals surface area contributed by atoms with Gasteiger partial charge >= 0.3 is 6.36 Å². The zero-order valence-corrected chi connectivity index (χ0v) is 14.1. The second-order valence-corrected chi connectivity index (χ2v) is 5.69. The molecule has 2 aromatic carbocycles. The molecule has 1 N–H and O–H groups in total. The normalized spacial score (nSPS) is 11.4. The van der Waals surface area contributed by atoms with Crippen LogP contribution in [0.15, 0.2) is 65.2 Å². The summed E-state index contributed by atoms with van der Waals surface area (Å²) in [5.41, 5.74) is 0.500. The maximum absolute atomic E-state index is 12.2. The smallest absolute Gasteiger partial charge is 0.406 e. The summed E-state index contributed by atoms with van der Waals surface area (Å²) >= 11 is 3.24. The van der Waals surface area contributed by atoms with Gasteiger partial charge in [0.2, 0.25) is 5.91 Å². The number of nitrogens with one attached hydrogen (secondary N) is 1. The van der Waals surface area contributed by atoms with E-state index in [1.165, 1.54) is 12.1 Å². The summed E-state index contributed by atoms with van der Waals surface area (Å²) in [4.78, 5) is 23.7. The van der Waals surface area contributed by atoms with Crippen molar-refractivity contribution in [3.05, 3.63) is 70.7 Å². The molecule has 0 unspecified atom stereocenters. The number of carbonyl (C=O) groups excluding carboxylic acids is 2. The lowest BCUT2D eigenvalue weighted by Crippen LogP contribution is -2.17. The largest absolute Gasteiger partial charge is 0.573 e. The Kier molecular flexibility index (Phi) is 5.97. The van der Waals surface area contributed by atoms with Crippen LogP contribution in [0.5, 0.6) is 5.75 Å². The summed E-state index contributed by atoms with van der Waals surface area (Å²) in [5, 5.41) is 2.35.